The van der Waals surface area contributed by atoms with Gasteiger partial charge in [-0.25, -0.2) is 9.97 Å². The van der Waals surface area contributed by atoms with Gasteiger partial charge < -0.3 is 0 Å². The predicted octanol–water partition coefficient (Wildman–Crippen LogP) is 3.99. The van der Waals surface area contributed by atoms with Gasteiger partial charge in [-0.3, -0.25) is 0 Å². The van der Waals surface area contributed by atoms with Gasteiger partial charge in [0.2, 0.25) is 0 Å². The standard InChI is InChI=1S/C17H18N2/c1-3-4-5-9-12-16-13-17(19-14(2)18-16)15-10-7-6-8-11-15/h6-8,10-11,13H,3-5H2,1-2H3. The number of aromatic nitrogens is 2. The number of benzene rings is 1. The summed E-state index contributed by atoms with van der Waals surface area (Å²) in [5.41, 5.74) is 2.85. The average molecular weight is 250 g/mol. The lowest BCUT2D eigenvalue weighted by molar-refractivity contribution is 0.828. The van der Waals surface area contributed by atoms with E-state index in [4.69, 9.17) is 0 Å². The van der Waals surface area contributed by atoms with Crippen LogP contribution < -0.4 is 0 Å². The summed E-state index contributed by atoms with van der Waals surface area (Å²) in [4.78, 5) is 8.84. The fourth-order valence-corrected chi connectivity index (χ4v) is 1.81. The second-order valence-corrected chi connectivity index (χ2v) is 4.46. The van der Waals surface area contributed by atoms with Crippen molar-refractivity contribution in [2.24, 2.45) is 0 Å². The van der Waals surface area contributed by atoms with Gasteiger partial charge in [0.05, 0.1) is 5.69 Å². The first kappa shape index (κ1) is 13.3. The van der Waals surface area contributed by atoms with E-state index in [-0.39, 0.29) is 0 Å². The van der Waals surface area contributed by atoms with Crippen molar-refractivity contribution in [3.05, 3.63) is 47.9 Å². The summed E-state index contributed by atoms with van der Waals surface area (Å²) >= 11 is 0. The summed E-state index contributed by atoms with van der Waals surface area (Å²) in [6, 6.07) is 12.1. The molecule has 0 saturated heterocycles. The van der Waals surface area contributed by atoms with E-state index in [1.165, 1.54) is 6.42 Å². The first-order valence-electron chi connectivity index (χ1n) is 6.69. The van der Waals surface area contributed by atoms with Crippen LogP contribution in [0.2, 0.25) is 0 Å². The van der Waals surface area contributed by atoms with Gasteiger partial charge in [-0.1, -0.05) is 49.6 Å². The monoisotopic (exact) mass is 250 g/mol. The third kappa shape index (κ3) is 3.93. The Hall–Kier alpha value is -2.14. The fraction of sp³-hybridized carbons (Fsp3) is 0.294. The zero-order valence-corrected chi connectivity index (χ0v) is 11.5. The molecule has 0 atom stereocenters. The number of rotatable bonds is 3. The van der Waals surface area contributed by atoms with Gasteiger partial charge in [-0.2, -0.15) is 0 Å². The second-order valence-electron chi connectivity index (χ2n) is 4.46. The van der Waals surface area contributed by atoms with Crippen molar-refractivity contribution < 1.29 is 0 Å². The highest BCUT2D eigenvalue weighted by atomic mass is 14.9. The third-order valence-electron chi connectivity index (χ3n) is 2.78. The van der Waals surface area contributed by atoms with E-state index in [1.807, 2.05) is 31.2 Å². The normalized spacial score (nSPS) is 9.79. The van der Waals surface area contributed by atoms with Crippen LogP contribution in [0.15, 0.2) is 36.4 Å². The lowest BCUT2D eigenvalue weighted by Gasteiger charge is -2.02. The van der Waals surface area contributed by atoms with Gasteiger partial charge in [0.15, 0.2) is 0 Å². The number of hydrogen-bond acceptors (Lipinski definition) is 2. The molecule has 2 heteroatoms. The minimum atomic E-state index is 0.765. The van der Waals surface area contributed by atoms with Crippen LogP contribution in [0.4, 0.5) is 0 Å². The largest absolute Gasteiger partial charge is 0.233 e. The van der Waals surface area contributed by atoms with Crippen LogP contribution in [-0.4, -0.2) is 9.97 Å². The molecule has 96 valence electrons. The van der Waals surface area contributed by atoms with Crippen LogP contribution in [0, 0.1) is 18.8 Å². The Bertz CT molecular complexity index is 592. The third-order valence-corrected chi connectivity index (χ3v) is 2.78. The molecule has 0 N–H and O–H groups in total. The Morgan fingerprint density at radius 3 is 2.63 bits per heavy atom. The lowest BCUT2D eigenvalue weighted by Crippen LogP contribution is -1.94. The van der Waals surface area contributed by atoms with E-state index < -0.39 is 0 Å². The molecular formula is C17H18N2. The van der Waals surface area contributed by atoms with Gasteiger partial charge in [-0.05, 0) is 25.3 Å². The molecule has 0 spiro atoms. The molecule has 0 aliphatic heterocycles. The maximum absolute atomic E-state index is 4.47. The van der Waals surface area contributed by atoms with Crippen molar-refractivity contribution in [2.45, 2.75) is 33.1 Å². The molecule has 0 bridgehead atoms. The van der Waals surface area contributed by atoms with Crippen LogP contribution in [0.5, 0.6) is 0 Å². The zero-order valence-electron chi connectivity index (χ0n) is 11.5. The molecular weight excluding hydrogens is 232 g/mol. The van der Waals surface area contributed by atoms with Crippen molar-refractivity contribution in [2.75, 3.05) is 0 Å². The molecule has 0 saturated carbocycles. The Morgan fingerprint density at radius 2 is 1.89 bits per heavy atom. The summed E-state index contributed by atoms with van der Waals surface area (Å²) in [5, 5.41) is 0. The first-order chi connectivity index (χ1) is 9.29. The fourth-order valence-electron chi connectivity index (χ4n) is 1.81. The Morgan fingerprint density at radius 1 is 1.11 bits per heavy atom. The van der Waals surface area contributed by atoms with E-state index in [2.05, 4.69) is 40.9 Å². The van der Waals surface area contributed by atoms with Crippen LogP contribution in [0.3, 0.4) is 0 Å². The summed E-state index contributed by atoms with van der Waals surface area (Å²) in [6.07, 6.45) is 3.25. The number of aryl methyl sites for hydroxylation is 1. The zero-order chi connectivity index (χ0) is 13.5. The maximum Gasteiger partial charge on any atom is 0.127 e. The first-order valence-corrected chi connectivity index (χ1v) is 6.69. The lowest BCUT2D eigenvalue weighted by atomic mass is 10.1. The van der Waals surface area contributed by atoms with E-state index in [9.17, 15) is 0 Å². The van der Waals surface area contributed by atoms with Gasteiger partial charge >= 0.3 is 0 Å². The molecule has 2 nitrogen and oxygen atoms in total. The molecule has 1 aromatic heterocycles. The number of unbranched alkanes of at least 4 members (excludes halogenated alkanes) is 2. The molecule has 1 heterocycles. The average Bonchev–Trinajstić information content (AvgIpc) is 2.44. The van der Waals surface area contributed by atoms with Crippen LogP contribution in [0.25, 0.3) is 11.3 Å². The summed E-state index contributed by atoms with van der Waals surface area (Å²) in [6.45, 7) is 4.08. The quantitative estimate of drug-likeness (QED) is 0.608. The SMILES string of the molecule is CCCCC#Cc1cc(-c2ccccc2)nc(C)n1. The smallest absolute Gasteiger partial charge is 0.127 e. The van der Waals surface area contributed by atoms with Crippen molar-refractivity contribution in [3.8, 4) is 23.1 Å². The highest BCUT2D eigenvalue weighted by Crippen LogP contribution is 2.16. The van der Waals surface area contributed by atoms with Crippen molar-refractivity contribution in [1.82, 2.24) is 9.97 Å². The molecule has 0 amide bonds. The van der Waals surface area contributed by atoms with Gasteiger partial charge in [0.25, 0.3) is 0 Å². The molecule has 0 aliphatic rings. The van der Waals surface area contributed by atoms with Gasteiger partial charge in [0.1, 0.15) is 11.5 Å². The summed E-state index contributed by atoms with van der Waals surface area (Å²) in [7, 11) is 0. The van der Waals surface area contributed by atoms with Crippen molar-refractivity contribution in [1.29, 1.82) is 0 Å². The molecule has 19 heavy (non-hydrogen) atoms. The maximum atomic E-state index is 4.47. The van der Waals surface area contributed by atoms with Gasteiger partial charge in [0, 0.05) is 12.0 Å². The Balaban J connectivity index is 2.27. The summed E-state index contributed by atoms with van der Waals surface area (Å²) < 4.78 is 0. The molecule has 0 aliphatic carbocycles. The highest BCUT2D eigenvalue weighted by molar-refractivity contribution is 5.60. The minimum absolute atomic E-state index is 0.765. The van der Waals surface area contributed by atoms with Crippen molar-refractivity contribution in [3.63, 3.8) is 0 Å². The summed E-state index contributed by atoms with van der Waals surface area (Å²) in [5.74, 6) is 7.06. The predicted molar refractivity (Wildman–Crippen MR) is 78.6 cm³/mol. The molecule has 0 unspecified atom stereocenters. The van der Waals surface area contributed by atoms with Crippen LogP contribution in [-0.2, 0) is 0 Å². The van der Waals surface area contributed by atoms with E-state index in [1.54, 1.807) is 0 Å². The molecule has 0 fully saturated rings. The topological polar surface area (TPSA) is 25.8 Å². The molecule has 0 radical (unpaired) electrons. The van der Waals surface area contributed by atoms with Gasteiger partial charge in [-0.15, -0.1) is 0 Å². The Labute approximate surface area is 114 Å². The molecule has 2 rings (SSSR count). The number of nitrogens with zero attached hydrogens (tertiary/aromatic N) is 2. The molecule has 1 aromatic carbocycles. The Kier molecular flexibility index (Phi) is 4.69. The van der Waals surface area contributed by atoms with Crippen LogP contribution in [0.1, 0.15) is 37.7 Å². The number of hydrogen-bond donors (Lipinski definition) is 0. The molecule has 2 aromatic rings. The second kappa shape index (κ2) is 6.70. The highest BCUT2D eigenvalue weighted by Gasteiger charge is 2.02. The van der Waals surface area contributed by atoms with E-state index in [0.29, 0.717) is 0 Å². The van der Waals surface area contributed by atoms with E-state index >= 15 is 0 Å². The van der Waals surface area contributed by atoms with Crippen molar-refractivity contribution >= 4 is 0 Å². The van der Waals surface area contributed by atoms with Crippen LogP contribution >= 0.6 is 0 Å². The van der Waals surface area contributed by atoms with E-state index in [0.717, 1.165) is 35.6 Å². The minimum Gasteiger partial charge on any atom is -0.233 e.